The fraction of sp³-hybridized carbons (Fsp3) is 0.286. The first-order valence-corrected chi connectivity index (χ1v) is 5.50. The Labute approximate surface area is 101 Å². The number of benzene rings is 1. The molecule has 92 valence electrons. The Balaban J connectivity index is 3.00. The Morgan fingerprint density at radius 1 is 1.06 bits per heavy atom. The monoisotopic (exact) mass is 234 g/mol. The van der Waals surface area contributed by atoms with Crippen molar-refractivity contribution in [2.45, 2.75) is 25.0 Å². The van der Waals surface area contributed by atoms with Crippen molar-refractivity contribution in [2.75, 3.05) is 0 Å². The molecule has 1 rings (SSSR count). The zero-order valence-electron chi connectivity index (χ0n) is 9.71. The van der Waals surface area contributed by atoms with Crippen molar-refractivity contribution in [1.29, 1.82) is 0 Å². The molecule has 1 aromatic carbocycles. The number of hydrogen-bond acceptors (Lipinski definition) is 3. The summed E-state index contributed by atoms with van der Waals surface area (Å²) < 4.78 is 0. The molecule has 0 aromatic heterocycles. The molecule has 0 aliphatic carbocycles. The molecule has 2 unspecified atom stereocenters. The molecule has 0 spiro atoms. The third kappa shape index (κ3) is 3.44. The lowest BCUT2D eigenvalue weighted by molar-refractivity contribution is 0.172. The van der Waals surface area contributed by atoms with Gasteiger partial charge in [-0.25, -0.2) is 0 Å². The van der Waals surface area contributed by atoms with Crippen molar-refractivity contribution < 1.29 is 15.3 Å². The SMILES string of the molecule is C=CCC(O)c1ccc(O)c(C(O)CC=C)c1. The van der Waals surface area contributed by atoms with E-state index in [0.717, 1.165) is 0 Å². The van der Waals surface area contributed by atoms with E-state index in [2.05, 4.69) is 13.2 Å². The number of phenolic OH excluding ortho intramolecular Hbond substituents is 1. The van der Waals surface area contributed by atoms with Crippen LogP contribution in [0.3, 0.4) is 0 Å². The van der Waals surface area contributed by atoms with Gasteiger partial charge in [-0.3, -0.25) is 0 Å². The normalized spacial score (nSPS) is 14.0. The van der Waals surface area contributed by atoms with Crippen LogP contribution < -0.4 is 0 Å². The van der Waals surface area contributed by atoms with E-state index in [0.29, 0.717) is 24.0 Å². The van der Waals surface area contributed by atoms with E-state index in [1.807, 2.05) is 0 Å². The molecule has 0 saturated heterocycles. The molecular weight excluding hydrogens is 216 g/mol. The molecule has 17 heavy (non-hydrogen) atoms. The highest BCUT2D eigenvalue weighted by Gasteiger charge is 2.14. The average Bonchev–Trinajstić information content (AvgIpc) is 2.30. The van der Waals surface area contributed by atoms with Gasteiger partial charge in [0.15, 0.2) is 0 Å². The van der Waals surface area contributed by atoms with E-state index in [1.165, 1.54) is 6.07 Å². The standard InChI is InChI=1S/C14H18O3/c1-3-5-12(15)10-7-8-14(17)11(9-10)13(16)6-4-2/h3-4,7-9,12-13,15-17H,1-2,5-6H2. The van der Waals surface area contributed by atoms with E-state index < -0.39 is 12.2 Å². The van der Waals surface area contributed by atoms with Gasteiger partial charge in [-0.1, -0.05) is 18.2 Å². The third-order valence-corrected chi connectivity index (χ3v) is 2.58. The minimum atomic E-state index is -0.802. The lowest BCUT2D eigenvalue weighted by Gasteiger charge is -2.15. The molecule has 0 bridgehead atoms. The molecule has 0 radical (unpaired) electrons. The van der Waals surface area contributed by atoms with Gasteiger partial charge in [0, 0.05) is 5.56 Å². The molecule has 0 fully saturated rings. The van der Waals surface area contributed by atoms with Crippen molar-refractivity contribution in [3.63, 3.8) is 0 Å². The van der Waals surface area contributed by atoms with E-state index >= 15 is 0 Å². The van der Waals surface area contributed by atoms with Crippen molar-refractivity contribution >= 4 is 0 Å². The first kappa shape index (κ1) is 13.5. The number of aromatic hydroxyl groups is 1. The maximum atomic E-state index is 9.80. The average molecular weight is 234 g/mol. The highest BCUT2D eigenvalue weighted by molar-refractivity contribution is 5.38. The number of aliphatic hydroxyl groups is 2. The van der Waals surface area contributed by atoms with E-state index in [4.69, 9.17) is 0 Å². The smallest absolute Gasteiger partial charge is 0.121 e. The Hall–Kier alpha value is -1.58. The predicted molar refractivity (Wildman–Crippen MR) is 67.7 cm³/mol. The van der Waals surface area contributed by atoms with E-state index in [1.54, 1.807) is 24.3 Å². The maximum Gasteiger partial charge on any atom is 0.121 e. The summed E-state index contributed by atoms with van der Waals surface area (Å²) in [5.41, 5.74) is 1.06. The first-order valence-electron chi connectivity index (χ1n) is 5.50. The lowest BCUT2D eigenvalue weighted by atomic mass is 9.99. The van der Waals surface area contributed by atoms with Crippen molar-refractivity contribution in [2.24, 2.45) is 0 Å². The molecule has 3 N–H and O–H groups in total. The summed E-state index contributed by atoms with van der Waals surface area (Å²) in [5.74, 6) is 0.0221. The molecule has 0 heterocycles. The predicted octanol–water partition coefficient (Wildman–Crippen LogP) is 2.61. The Morgan fingerprint density at radius 2 is 1.65 bits per heavy atom. The first-order chi connectivity index (χ1) is 8.10. The second-order valence-corrected chi connectivity index (χ2v) is 3.90. The molecule has 0 aliphatic rings. The summed E-state index contributed by atoms with van der Waals surface area (Å²) in [5, 5.41) is 29.2. The molecule has 1 aromatic rings. The lowest BCUT2D eigenvalue weighted by Crippen LogP contribution is -2.01. The summed E-state index contributed by atoms with van der Waals surface area (Å²) in [6.07, 6.45) is 2.52. The van der Waals surface area contributed by atoms with Gasteiger partial charge in [0.05, 0.1) is 12.2 Å². The van der Waals surface area contributed by atoms with Crippen molar-refractivity contribution in [3.8, 4) is 5.75 Å². The molecular formula is C14H18O3. The number of hydrogen-bond donors (Lipinski definition) is 3. The van der Waals surface area contributed by atoms with Crippen LogP contribution in [0.1, 0.15) is 36.2 Å². The Morgan fingerprint density at radius 3 is 2.24 bits per heavy atom. The maximum absolute atomic E-state index is 9.80. The zero-order valence-corrected chi connectivity index (χ0v) is 9.71. The summed E-state index contributed by atoms with van der Waals surface area (Å²) in [4.78, 5) is 0. The molecule has 3 heteroatoms. The Bertz CT molecular complexity index is 398. The van der Waals surface area contributed by atoms with E-state index in [-0.39, 0.29) is 5.75 Å². The summed E-state index contributed by atoms with van der Waals surface area (Å²) >= 11 is 0. The molecule has 3 nitrogen and oxygen atoms in total. The highest BCUT2D eigenvalue weighted by atomic mass is 16.3. The van der Waals surface area contributed by atoms with Gasteiger partial charge in [0.1, 0.15) is 5.75 Å². The van der Waals surface area contributed by atoms with Crippen molar-refractivity contribution in [3.05, 3.63) is 54.6 Å². The van der Waals surface area contributed by atoms with Gasteiger partial charge < -0.3 is 15.3 Å². The van der Waals surface area contributed by atoms with Crippen LogP contribution in [-0.2, 0) is 0 Å². The number of phenols is 1. The fourth-order valence-electron chi connectivity index (χ4n) is 1.63. The molecule has 0 amide bonds. The topological polar surface area (TPSA) is 60.7 Å². The quantitative estimate of drug-likeness (QED) is 0.663. The second kappa shape index (κ2) is 6.23. The van der Waals surface area contributed by atoms with Gasteiger partial charge >= 0.3 is 0 Å². The van der Waals surface area contributed by atoms with Gasteiger partial charge in [-0.2, -0.15) is 0 Å². The minimum absolute atomic E-state index is 0.0221. The van der Waals surface area contributed by atoms with Crippen LogP contribution >= 0.6 is 0 Å². The van der Waals surface area contributed by atoms with Gasteiger partial charge in [-0.05, 0) is 30.5 Å². The van der Waals surface area contributed by atoms with Crippen LogP contribution in [0.25, 0.3) is 0 Å². The van der Waals surface area contributed by atoms with Gasteiger partial charge in [-0.15, -0.1) is 13.2 Å². The largest absolute Gasteiger partial charge is 0.508 e. The van der Waals surface area contributed by atoms with Crippen LogP contribution in [0.5, 0.6) is 5.75 Å². The third-order valence-electron chi connectivity index (χ3n) is 2.58. The van der Waals surface area contributed by atoms with Crippen molar-refractivity contribution in [1.82, 2.24) is 0 Å². The summed E-state index contributed by atoms with van der Waals surface area (Å²) in [7, 11) is 0. The number of aliphatic hydroxyl groups excluding tert-OH is 2. The van der Waals surface area contributed by atoms with Gasteiger partial charge in [0.25, 0.3) is 0 Å². The van der Waals surface area contributed by atoms with Crippen LogP contribution in [-0.4, -0.2) is 15.3 Å². The minimum Gasteiger partial charge on any atom is -0.508 e. The molecule has 0 aliphatic heterocycles. The van der Waals surface area contributed by atoms with Gasteiger partial charge in [0.2, 0.25) is 0 Å². The second-order valence-electron chi connectivity index (χ2n) is 3.90. The molecule has 0 saturated carbocycles. The summed E-state index contributed by atoms with van der Waals surface area (Å²) in [6, 6.07) is 4.72. The number of rotatable bonds is 6. The van der Waals surface area contributed by atoms with Crippen LogP contribution in [0.15, 0.2) is 43.5 Å². The fourth-order valence-corrected chi connectivity index (χ4v) is 1.63. The zero-order chi connectivity index (χ0) is 12.8. The highest BCUT2D eigenvalue weighted by Crippen LogP contribution is 2.30. The summed E-state index contributed by atoms with van der Waals surface area (Å²) in [6.45, 7) is 7.10. The van der Waals surface area contributed by atoms with E-state index in [9.17, 15) is 15.3 Å². The van der Waals surface area contributed by atoms with Crippen LogP contribution in [0, 0.1) is 0 Å². The van der Waals surface area contributed by atoms with Crippen LogP contribution in [0.2, 0.25) is 0 Å². The Kier molecular flexibility index (Phi) is 4.94. The molecule has 2 atom stereocenters. The van der Waals surface area contributed by atoms with Crippen LogP contribution in [0.4, 0.5) is 0 Å².